The van der Waals surface area contributed by atoms with Crippen molar-refractivity contribution in [3.05, 3.63) is 36.4 Å². The zero-order valence-electron chi connectivity index (χ0n) is 8.58. The summed E-state index contributed by atoms with van der Waals surface area (Å²) >= 11 is 1.34. The summed E-state index contributed by atoms with van der Waals surface area (Å²) in [6, 6.07) is 1.77. The number of hydrogen-bond donors (Lipinski definition) is 1. The lowest BCUT2D eigenvalue weighted by Gasteiger charge is -1.99. The van der Waals surface area contributed by atoms with E-state index < -0.39 is 0 Å². The lowest BCUT2D eigenvalue weighted by atomic mass is 10.2. The molecule has 0 bridgehead atoms. The van der Waals surface area contributed by atoms with E-state index in [1.807, 2.05) is 0 Å². The van der Waals surface area contributed by atoms with Crippen LogP contribution in [0.1, 0.15) is 5.56 Å². The number of aromatic nitrogens is 4. The van der Waals surface area contributed by atoms with E-state index in [2.05, 4.69) is 19.9 Å². The van der Waals surface area contributed by atoms with Crippen LogP contribution in [0.5, 0.6) is 0 Å². The SMILES string of the molecule is NCCc1cnc(Sc2ncccn2)nc1. The predicted molar refractivity (Wildman–Crippen MR) is 60.9 cm³/mol. The van der Waals surface area contributed by atoms with Gasteiger partial charge in [0.05, 0.1) is 0 Å². The van der Waals surface area contributed by atoms with Crippen LogP contribution in [-0.2, 0) is 6.42 Å². The highest BCUT2D eigenvalue weighted by Crippen LogP contribution is 2.19. The van der Waals surface area contributed by atoms with E-state index >= 15 is 0 Å². The molecule has 0 saturated heterocycles. The molecule has 16 heavy (non-hydrogen) atoms. The molecule has 0 aliphatic carbocycles. The highest BCUT2D eigenvalue weighted by Gasteiger charge is 2.02. The van der Waals surface area contributed by atoms with Crippen molar-refractivity contribution in [1.82, 2.24) is 19.9 Å². The monoisotopic (exact) mass is 233 g/mol. The molecule has 0 radical (unpaired) electrons. The van der Waals surface area contributed by atoms with Gasteiger partial charge in [0.1, 0.15) is 0 Å². The second-order valence-electron chi connectivity index (χ2n) is 3.05. The van der Waals surface area contributed by atoms with Crippen LogP contribution in [0.3, 0.4) is 0 Å². The summed E-state index contributed by atoms with van der Waals surface area (Å²) in [5.41, 5.74) is 6.48. The molecule has 2 aromatic heterocycles. The molecule has 0 fully saturated rings. The summed E-state index contributed by atoms with van der Waals surface area (Å²) in [5, 5.41) is 1.29. The smallest absolute Gasteiger partial charge is 0.195 e. The lowest BCUT2D eigenvalue weighted by molar-refractivity contribution is 0.881. The Hall–Kier alpha value is -1.53. The summed E-state index contributed by atoms with van der Waals surface area (Å²) in [6.45, 7) is 0.609. The van der Waals surface area contributed by atoms with Gasteiger partial charge in [-0.2, -0.15) is 0 Å². The summed E-state index contributed by atoms with van der Waals surface area (Å²) in [4.78, 5) is 16.6. The first kappa shape index (κ1) is 11.0. The Balaban J connectivity index is 2.05. The van der Waals surface area contributed by atoms with E-state index in [4.69, 9.17) is 5.73 Å². The molecule has 2 N–H and O–H groups in total. The normalized spacial score (nSPS) is 10.3. The van der Waals surface area contributed by atoms with E-state index in [9.17, 15) is 0 Å². The van der Waals surface area contributed by atoms with Crippen molar-refractivity contribution in [2.24, 2.45) is 5.73 Å². The second-order valence-corrected chi connectivity index (χ2v) is 3.98. The Bertz CT molecular complexity index is 431. The maximum Gasteiger partial charge on any atom is 0.195 e. The quantitative estimate of drug-likeness (QED) is 0.791. The molecular formula is C10H11N5S. The molecule has 0 amide bonds. The van der Waals surface area contributed by atoms with E-state index in [0.717, 1.165) is 12.0 Å². The minimum absolute atomic E-state index is 0.609. The largest absolute Gasteiger partial charge is 0.330 e. The average molecular weight is 233 g/mol. The predicted octanol–water partition coefficient (Wildman–Crippen LogP) is 0.919. The molecule has 2 aromatic rings. The average Bonchev–Trinajstić information content (AvgIpc) is 2.33. The van der Waals surface area contributed by atoms with Gasteiger partial charge in [0.25, 0.3) is 0 Å². The first-order valence-corrected chi connectivity index (χ1v) is 5.66. The first-order chi connectivity index (χ1) is 7.88. The molecule has 2 heterocycles. The summed E-state index contributed by atoms with van der Waals surface area (Å²) in [7, 11) is 0. The minimum Gasteiger partial charge on any atom is -0.330 e. The number of nitrogens with two attached hydrogens (primary N) is 1. The molecule has 5 nitrogen and oxygen atoms in total. The van der Waals surface area contributed by atoms with Crippen molar-refractivity contribution in [2.45, 2.75) is 16.7 Å². The van der Waals surface area contributed by atoms with Crippen molar-refractivity contribution in [1.29, 1.82) is 0 Å². The fourth-order valence-electron chi connectivity index (χ4n) is 1.11. The molecule has 6 heteroatoms. The number of nitrogens with zero attached hydrogens (tertiary/aromatic N) is 4. The topological polar surface area (TPSA) is 77.6 Å². The molecule has 0 aliphatic rings. The van der Waals surface area contributed by atoms with E-state index in [0.29, 0.717) is 16.9 Å². The summed E-state index contributed by atoms with van der Waals surface area (Å²) in [6.07, 6.45) is 7.75. The Morgan fingerprint density at radius 1 is 1.00 bits per heavy atom. The zero-order valence-corrected chi connectivity index (χ0v) is 9.39. The standard InChI is InChI=1S/C10H11N5S/c11-3-2-8-6-14-10(15-7-8)16-9-12-4-1-5-13-9/h1,4-7H,2-3,11H2. The van der Waals surface area contributed by atoms with Gasteiger partial charge in [0.15, 0.2) is 10.3 Å². The Morgan fingerprint density at radius 3 is 2.25 bits per heavy atom. The van der Waals surface area contributed by atoms with Gasteiger partial charge in [0.2, 0.25) is 0 Å². The van der Waals surface area contributed by atoms with Crippen molar-refractivity contribution in [3.63, 3.8) is 0 Å². The van der Waals surface area contributed by atoms with Crippen molar-refractivity contribution < 1.29 is 0 Å². The summed E-state index contributed by atoms with van der Waals surface area (Å²) < 4.78 is 0. The van der Waals surface area contributed by atoms with Gasteiger partial charge in [-0.05, 0) is 36.4 Å². The van der Waals surface area contributed by atoms with Crippen LogP contribution >= 0.6 is 11.8 Å². The lowest BCUT2D eigenvalue weighted by Crippen LogP contribution is -2.03. The van der Waals surface area contributed by atoms with E-state index in [1.54, 1.807) is 30.9 Å². The molecule has 0 saturated carbocycles. The van der Waals surface area contributed by atoms with Crippen LogP contribution in [0.4, 0.5) is 0 Å². The second kappa shape index (κ2) is 5.53. The van der Waals surface area contributed by atoms with Crippen molar-refractivity contribution in [3.8, 4) is 0 Å². The maximum atomic E-state index is 5.44. The van der Waals surface area contributed by atoms with Crippen LogP contribution < -0.4 is 5.73 Å². The van der Waals surface area contributed by atoms with Gasteiger partial charge in [-0.3, -0.25) is 0 Å². The van der Waals surface area contributed by atoms with Crippen LogP contribution in [-0.4, -0.2) is 26.5 Å². The number of hydrogen-bond acceptors (Lipinski definition) is 6. The third-order valence-corrected chi connectivity index (χ3v) is 2.63. The Kier molecular flexibility index (Phi) is 3.79. The van der Waals surface area contributed by atoms with E-state index in [-0.39, 0.29) is 0 Å². The zero-order chi connectivity index (χ0) is 11.2. The van der Waals surface area contributed by atoms with Crippen molar-refractivity contribution in [2.75, 3.05) is 6.54 Å². The fraction of sp³-hybridized carbons (Fsp3) is 0.200. The highest BCUT2D eigenvalue weighted by atomic mass is 32.2. The first-order valence-electron chi connectivity index (χ1n) is 4.84. The fourth-order valence-corrected chi connectivity index (χ4v) is 1.71. The van der Waals surface area contributed by atoms with Crippen LogP contribution in [0.2, 0.25) is 0 Å². The molecule has 82 valence electrons. The minimum atomic E-state index is 0.609. The van der Waals surface area contributed by atoms with Gasteiger partial charge < -0.3 is 5.73 Å². The van der Waals surface area contributed by atoms with Crippen LogP contribution in [0, 0.1) is 0 Å². The number of rotatable bonds is 4. The molecule has 0 atom stereocenters. The Labute approximate surface area is 97.6 Å². The molecule has 2 rings (SSSR count). The molecule has 0 aliphatic heterocycles. The Morgan fingerprint density at radius 2 is 1.62 bits per heavy atom. The van der Waals surface area contributed by atoms with Crippen molar-refractivity contribution >= 4 is 11.8 Å². The highest BCUT2D eigenvalue weighted by molar-refractivity contribution is 7.99. The van der Waals surface area contributed by atoms with Gasteiger partial charge >= 0.3 is 0 Å². The molecule has 0 spiro atoms. The third kappa shape index (κ3) is 2.98. The van der Waals surface area contributed by atoms with Gasteiger partial charge in [0, 0.05) is 24.8 Å². The molecular weight excluding hydrogens is 222 g/mol. The summed E-state index contributed by atoms with van der Waals surface area (Å²) in [5.74, 6) is 0. The van der Waals surface area contributed by atoms with Crippen LogP contribution in [0.25, 0.3) is 0 Å². The molecule has 0 unspecified atom stereocenters. The maximum absolute atomic E-state index is 5.44. The van der Waals surface area contributed by atoms with Gasteiger partial charge in [-0.1, -0.05) is 0 Å². The van der Waals surface area contributed by atoms with Gasteiger partial charge in [-0.25, -0.2) is 19.9 Å². The van der Waals surface area contributed by atoms with Crippen LogP contribution in [0.15, 0.2) is 41.2 Å². The third-order valence-electron chi connectivity index (χ3n) is 1.84. The van der Waals surface area contributed by atoms with E-state index in [1.165, 1.54) is 11.8 Å². The molecule has 0 aromatic carbocycles. The van der Waals surface area contributed by atoms with Gasteiger partial charge in [-0.15, -0.1) is 0 Å².